The molecular weight excluding hydrogens is 222 g/mol. The maximum Gasteiger partial charge on any atom is 0.122 e. The SMILES string of the molecule is CCCCNCCOc1cc(C(C)C)ccc1C. The molecule has 18 heavy (non-hydrogen) atoms. The Bertz CT molecular complexity index is 347. The van der Waals surface area contributed by atoms with Gasteiger partial charge in [-0.2, -0.15) is 0 Å². The van der Waals surface area contributed by atoms with Crippen molar-refractivity contribution in [2.24, 2.45) is 0 Å². The summed E-state index contributed by atoms with van der Waals surface area (Å²) in [6, 6.07) is 6.51. The number of unbranched alkanes of at least 4 members (excludes halogenated alkanes) is 1. The number of nitrogens with one attached hydrogen (secondary N) is 1. The lowest BCUT2D eigenvalue weighted by Gasteiger charge is -2.13. The smallest absolute Gasteiger partial charge is 0.122 e. The summed E-state index contributed by atoms with van der Waals surface area (Å²) in [5.41, 5.74) is 2.56. The molecule has 0 saturated carbocycles. The molecule has 0 bridgehead atoms. The van der Waals surface area contributed by atoms with E-state index in [-0.39, 0.29) is 0 Å². The first kappa shape index (κ1) is 15.0. The van der Waals surface area contributed by atoms with E-state index in [4.69, 9.17) is 4.74 Å². The average Bonchev–Trinajstić information content (AvgIpc) is 2.35. The molecule has 0 radical (unpaired) electrons. The minimum atomic E-state index is 0.552. The Morgan fingerprint density at radius 2 is 2.00 bits per heavy atom. The fourth-order valence-electron chi connectivity index (χ4n) is 1.79. The van der Waals surface area contributed by atoms with Crippen LogP contribution in [0.25, 0.3) is 0 Å². The molecule has 0 amide bonds. The fourth-order valence-corrected chi connectivity index (χ4v) is 1.79. The molecule has 1 N–H and O–H groups in total. The van der Waals surface area contributed by atoms with Crippen LogP contribution in [0.5, 0.6) is 5.75 Å². The third-order valence-electron chi connectivity index (χ3n) is 3.12. The summed E-state index contributed by atoms with van der Waals surface area (Å²) in [5, 5.41) is 3.39. The molecule has 102 valence electrons. The molecule has 2 heteroatoms. The number of rotatable bonds is 8. The largest absolute Gasteiger partial charge is 0.492 e. The van der Waals surface area contributed by atoms with Crippen molar-refractivity contribution in [1.29, 1.82) is 0 Å². The van der Waals surface area contributed by atoms with E-state index in [1.165, 1.54) is 24.0 Å². The van der Waals surface area contributed by atoms with Gasteiger partial charge in [0.2, 0.25) is 0 Å². The molecule has 0 heterocycles. The zero-order chi connectivity index (χ0) is 13.4. The highest BCUT2D eigenvalue weighted by atomic mass is 16.5. The maximum atomic E-state index is 5.85. The van der Waals surface area contributed by atoms with Gasteiger partial charge in [-0.15, -0.1) is 0 Å². The third kappa shape index (κ3) is 5.09. The highest BCUT2D eigenvalue weighted by molar-refractivity contribution is 5.37. The van der Waals surface area contributed by atoms with Crippen LogP contribution in [-0.2, 0) is 0 Å². The van der Waals surface area contributed by atoms with E-state index < -0.39 is 0 Å². The second-order valence-corrected chi connectivity index (χ2v) is 5.13. The van der Waals surface area contributed by atoms with Gasteiger partial charge in [0.1, 0.15) is 12.4 Å². The van der Waals surface area contributed by atoms with Gasteiger partial charge in [0, 0.05) is 6.54 Å². The number of hydrogen-bond donors (Lipinski definition) is 1. The predicted octanol–water partition coefficient (Wildman–Crippen LogP) is 3.89. The summed E-state index contributed by atoms with van der Waals surface area (Å²) < 4.78 is 5.85. The van der Waals surface area contributed by atoms with Gasteiger partial charge < -0.3 is 10.1 Å². The second-order valence-electron chi connectivity index (χ2n) is 5.13. The lowest BCUT2D eigenvalue weighted by Crippen LogP contribution is -2.22. The fraction of sp³-hybridized carbons (Fsp3) is 0.625. The van der Waals surface area contributed by atoms with E-state index in [2.05, 4.69) is 51.2 Å². The second kappa shape index (κ2) is 8.15. The number of benzene rings is 1. The van der Waals surface area contributed by atoms with Crippen LogP contribution in [0.15, 0.2) is 18.2 Å². The van der Waals surface area contributed by atoms with Crippen LogP contribution in [0.3, 0.4) is 0 Å². The highest BCUT2D eigenvalue weighted by Gasteiger charge is 2.04. The van der Waals surface area contributed by atoms with Crippen molar-refractivity contribution in [3.63, 3.8) is 0 Å². The molecule has 0 saturated heterocycles. The predicted molar refractivity (Wildman–Crippen MR) is 78.5 cm³/mol. The topological polar surface area (TPSA) is 21.3 Å². The van der Waals surface area contributed by atoms with E-state index in [1.54, 1.807) is 0 Å². The van der Waals surface area contributed by atoms with Crippen molar-refractivity contribution in [2.75, 3.05) is 19.7 Å². The molecule has 0 atom stereocenters. The summed E-state index contributed by atoms with van der Waals surface area (Å²) in [6.07, 6.45) is 2.48. The Hall–Kier alpha value is -1.02. The van der Waals surface area contributed by atoms with Gasteiger partial charge in [-0.05, 0) is 43.0 Å². The highest BCUT2D eigenvalue weighted by Crippen LogP contribution is 2.24. The van der Waals surface area contributed by atoms with Crippen LogP contribution in [-0.4, -0.2) is 19.7 Å². The zero-order valence-electron chi connectivity index (χ0n) is 12.3. The first-order valence-corrected chi connectivity index (χ1v) is 7.09. The van der Waals surface area contributed by atoms with Crippen molar-refractivity contribution < 1.29 is 4.74 Å². The summed E-state index contributed by atoms with van der Waals surface area (Å²) in [7, 11) is 0. The Morgan fingerprint density at radius 1 is 1.22 bits per heavy atom. The Balaban J connectivity index is 2.39. The van der Waals surface area contributed by atoms with E-state index in [9.17, 15) is 0 Å². The molecule has 0 unspecified atom stereocenters. The molecule has 0 fully saturated rings. The first-order chi connectivity index (χ1) is 8.65. The van der Waals surface area contributed by atoms with E-state index >= 15 is 0 Å². The molecule has 0 spiro atoms. The summed E-state index contributed by atoms with van der Waals surface area (Å²) >= 11 is 0. The van der Waals surface area contributed by atoms with Gasteiger partial charge >= 0.3 is 0 Å². The molecule has 0 aliphatic carbocycles. The lowest BCUT2D eigenvalue weighted by molar-refractivity contribution is 0.311. The Morgan fingerprint density at radius 3 is 2.67 bits per heavy atom. The average molecular weight is 249 g/mol. The normalized spacial score (nSPS) is 10.9. The van der Waals surface area contributed by atoms with E-state index in [1.807, 2.05) is 0 Å². The van der Waals surface area contributed by atoms with Crippen molar-refractivity contribution in [3.05, 3.63) is 29.3 Å². The monoisotopic (exact) mass is 249 g/mol. The van der Waals surface area contributed by atoms with Crippen LogP contribution in [0.4, 0.5) is 0 Å². The molecule has 1 rings (SSSR count). The molecule has 0 aliphatic rings. The maximum absolute atomic E-state index is 5.85. The van der Waals surface area contributed by atoms with Crippen molar-refractivity contribution in [1.82, 2.24) is 5.32 Å². The summed E-state index contributed by atoms with van der Waals surface area (Å²) in [4.78, 5) is 0. The minimum Gasteiger partial charge on any atom is -0.492 e. The molecule has 0 aromatic heterocycles. The molecule has 1 aromatic carbocycles. The molecule has 1 aromatic rings. The van der Waals surface area contributed by atoms with Gasteiger partial charge in [-0.1, -0.05) is 39.3 Å². The van der Waals surface area contributed by atoms with Crippen molar-refractivity contribution >= 4 is 0 Å². The van der Waals surface area contributed by atoms with Crippen LogP contribution in [0, 0.1) is 6.92 Å². The van der Waals surface area contributed by atoms with Gasteiger partial charge in [-0.25, -0.2) is 0 Å². The molecule has 2 nitrogen and oxygen atoms in total. The molecule has 0 aliphatic heterocycles. The van der Waals surface area contributed by atoms with Gasteiger partial charge in [0.15, 0.2) is 0 Å². The number of aryl methyl sites for hydroxylation is 1. The van der Waals surface area contributed by atoms with Gasteiger partial charge in [0.05, 0.1) is 0 Å². The van der Waals surface area contributed by atoms with Gasteiger partial charge in [-0.3, -0.25) is 0 Å². The van der Waals surface area contributed by atoms with Crippen molar-refractivity contribution in [3.8, 4) is 5.75 Å². The summed E-state index contributed by atoms with van der Waals surface area (Å²) in [6.45, 7) is 11.5. The molecular formula is C16H27NO. The standard InChI is InChI=1S/C16H27NO/c1-5-6-9-17-10-11-18-16-12-15(13(2)3)8-7-14(16)4/h7-8,12-13,17H,5-6,9-11H2,1-4H3. The lowest BCUT2D eigenvalue weighted by atomic mass is 10.0. The first-order valence-electron chi connectivity index (χ1n) is 7.09. The van der Waals surface area contributed by atoms with Gasteiger partial charge in [0.25, 0.3) is 0 Å². The van der Waals surface area contributed by atoms with Crippen LogP contribution < -0.4 is 10.1 Å². The number of ether oxygens (including phenoxy) is 1. The van der Waals surface area contributed by atoms with E-state index in [0.29, 0.717) is 5.92 Å². The van der Waals surface area contributed by atoms with Crippen LogP contribution in [0.1, 0.15) is 50.7 Å². The van der Waals surface area contributed by atoms with Crippen molar-refractivity contribution in [2.45, 2.75) is 46.5 Å². The van der Waals surface area contributed by atoms with E-state index in [0.717, 1.165) is 25.4 Å². The minimum absolute atomic E-state index is 0.552. The third-order valence-corrected chi connectivity index (χ3v) is 3.12. The Labute approximate surface area is 112 Å². The summed E-state index contributed by atoms with van der Waals surface area (Å²) in [5.74, 6) is 1.58. The number of hydrogen-bond acceptors (Lipinski definition) is 2. The van der Waals surface area contributed by atoms with Crippen LogP contribution in [0.2, 0.25) is 0 Å². The zero-order valence-corrected chi connectivity index (χ0v) is 12.3. The quantitative estimate of drug-likeness (QED) is 0.706. The Kier molecular flexibility index (Phi) is 6.81. The van der Waals surface area contributed by atoms with Crippen LogP contribution >= 0.6 is 0 Å².